The van der Waals surface area contributed by atoms with Gasteiger partial charge in [0.2, 0.25) is 6.20 Å². The van der Waals surface area contributed by atoms with E-state index in [1.807, 2.05) is 6.07 Å². The number of benzene rings is 2. The predicted molar refractivity (Wildman–Crippen MR) is 82.9 cm³/mol. The largest absolute Gasteiger partial charge is 0.462 e. The molecule has 2 aromatic rings. The quantitative estimate of drug-likeness (QED) is 0.465. The van der Waals surface area contributed by atoms with Gasteiger partial charge < -0.3 is 4.74 Å². The summed E-state index contributed by atoms with van der Waals surface area (Å²) in [6, 6.07) is 12.2. The van der Waals surface area contributed by atoms with Crippen LogP contribution < -0.4 is 0 Å². The summed E-state index contributed by atoms with van der Waals surface area (Å²) >= 11 is 0. The molecule has 0 spiro atoms. The van der Waals surface area contributed by atoms with Crippen molar-refractivity contribution >= 4 is 12.0 Å². The maximum Gasteiger partial charge on any atom is 0.338 e. The fourth-order valence-corrected chi connectivity index (χ4v) is 1.99. The highest BCUT2D eigenvalue weighted by Crippen LogP contribution is 2.12. The zero-order valence-corrected chi connectivity index (χ0v) is 12.1. The first-order valence-electron chi connectivity index (χ1n) is 6.88. The molecule has 0 bridgehead atoms. The Balaban J connectivity index is 1.95. The van der Waals surface area contributed by atoms with E-state index in [4.69, 9.17) is 4.74 Å². The second-order valence-electron chi connectivity index (χ2n) is 4.69. The van der Waals surface area contributed by atoms with E-state index in [2.05, 4.69) is 0 Å². The van der Waals surface area contributed by atoms with Crippen LogP contribution in [0.4, 0.5) is 4.39 Å². The summed E-state index contributed by atoms with van der Waals surface area (Å²) in [7, 11) is 0. The third-order valence-corrected chi connectivity index (χ3v) is 3.12. The monoisotopic (exact) mass is 315 g/mol. The fourth-order valence-electron chi connectivity index (χ4n) is 1.99. The van der Waals surface area contributed by atoms with Crippen molar-refractivity contribution in [2.75, 3.05) is 6.61 Å². The van der Waals surface area contributed by atoms with Crippen molar-refractivity contribution in [1.29, 1.82) is 0 Å². The Morgan fingerprint density at radius 3 is 2.57 bits per heavy atom. The van der Waals surface area contributed by atoms with Crippen LogP contribution in [0.15, 0.2) is 54.7 Å². The van der Waals surface area contributed by atoms with Crippen molar-refractivity contribution in [3.63, 3.8) is 0 Å². The van der Waals surface area contributed by atoms with Gasteiger partial charge in [-0.25, -0.2) is 9.18 Å². The Morgan fingerprint density at radius 2 is 1.87 bits per heavy atom. The molecule has 0 heterocycles. The molecular formula is C17H14FNO4. The molecule has 0 N–H and O–H groups in total. The molecule has 0 radical (unpaired) electrons. The number of carbonyl (C=O) groups is 1. The molecule has 0 unspecified atom stereocenters. The molecule has 0 amide bonds. The first kappa shape index (κ1) is 16.4. The molecule has 0 aliphatic carbocycles. The van der Waals surface area contributed by atoms with E-state index >= 15 is 0 Å². The lowest BCUT2D eigenvalue weighted by Crippen LogP contribution is -2.08. The van der Waals surface area contributed by atoms with Crippen LogP contribution in [0, 0.1) is 15.9 Å². The molecule has 0 saturated heterocycles. The summed E-state index contributed by atoms with van der Waals surface area (Å²) in [6.45, 7) is 0.125. The number of nitro groups is 1. The van der Waals surface area contributed by atoms with E-state index in [1.165, 1.54) is 30.3 Å². The maximum atomic E-state index is 12.8. The van der Waals surface area contributed by atoms with Crippen molar-refractivity contribution in [1.82, 2.24) is 0 Å². The van der Waals surface area contributed by atoms with Crippen molar-refractivity contribution in [3.8, 4) is 0 Å². The van der Waals surface area contributed by atoms with Gasteiger partial charge in [-0.2, -0.15) is 0 Å². The Hall–Kier alpha value is -3.02. The fraction of sp³-hybridized carbons (Fsp3) is 0.118. The van der Waals surface area contributed by atoms with E-state index in [-0.39, 0.29) is 12.2 Å². The zero-order valence-electron chi connectivity index (χ0n) is 12.1. The van der Waals surface area contributed by atoms with Gasteiger partial charge in [-0.1, -0.05) is 24.3 Å². The average Bonchev–Trinajstić information content (AvgIpc) is 2.54. The van der Waals surface area contributed by atoms with Gasteiger partial charge in [0.15, 0.2) is 0 Å². The van der Waals surface area contributed by atoms with Crippen LogP contribution in [-0.2, 0) is 11.2 Å². The second kappa shape index (κ2) is 7.84. The highest BCUT2D eigenvalue weighted by Gasteiger charge is 2.08. The highest BCUT2D eigenvalue weighted by atomic mass is 19.1. The molecule has 23 heavy (non-hydrogen) atoms. The zero-order chi connectivity index (χ0) is 16.7. The molecule has 0 aromatic heterocycles. The third-order valence-electron chi connectivity index (χ3n) is 3.12. The smallest absolute Gasteiger partial charge is 0.338 e. The molecule has 0 saturated carbocycles. The summed E-state index contributed by atoms with van der Waals surface area (Å²) in [4.78, 5) is 21.7. The van der Waals surface area contributed by atoms with Crippen molar-refractivity contribution in [2.45, 2.75) is 6.42 Å². The highest BCUT2D eigenvalue weighted by molar-refractivity contribution is 5.89. The van der Waals surface area contributed by atoms with Crippen LogP contribution in [0.3, 0.4) is 0 Å². The normalized spacial score (nSPS) is 10.7. The lowest BCUT2D eigenvalue weighted by molar-refractivity contribution is -0.400. The third kappa shape index (κ3) is 5.03. The van der Waals surface area contributed by atoms with E-state index < -0.39 is 16.7 Å². The van der Waals surface area contributed by atoms with E-state index in [9.17, 15) is 19.3 Å². The number of halogens is 1. The van der Waals surface area contributed by atoms with Crippen molar-refractivity contribution in [3.05, 3.63) is 87.4 Å². The van der Waals surface area contributed by atoms with Crippen LogP contribution in [0.5, 0.6) is 0 Å². The molecule has 0 atom stereocenters. The molecule has 118 valence electrons. The second-order valence-corrected chi connectivity index (χ2v) is 4.69. The molecule has 5 nitrogen and oxygen atoms in total. The summed E-state index contributed by atoms with van der Waals surface area (Å²) in [5.74, 6) is -0.962. The molecule has 6 heteroatoms. The number of hydrogen-bond acceptors (Lipinski definition) is 4. The number of hydrogen-bond donors (Lipinski definition) is 0. The summed E-state index contributed by atoms with van der Waals surface area (Å²) in [5, 5.41) is 10.4. The van der Waals surface area contributed by atoms with Crippen LogP contribution in [0.1, 0.15) is 21.5 Å². The van der Waals surface area contributed by atoms with E-state index in [1.54, 1.807) is 18.2 Å². The standard InChI is InChI=1S/C17H14FNO4/c18-16-7-5-15(6-8-16)17(20)23-12-10-14-4-2-1-3-13(14)9-11-19(21)22/h1-9,11H,10,12H2. The minimum atomic E-state index is -0.539. The maximum absolute atomic E-state index is 12.8. The van der Waals surface area contributed by atoms with Crippen molar-refractivity contribution in [2.24, 2.45) is 0 Å². The number of nitrogens with zero attached hydrogens (tertiary/aromatic N) is 1. The van der Waals surface area contributed by atoms with E-state index in [0.717, 1.165) is 11.8 Å². The van der Waals surface area contributed by atoms with Gasteiger partial charge >= 0.3 is 5.97 Å². The predicted octanol–water partition coefficient (Wildman–Crippen LogP) is 3.47. The van der Waals surface area contributed by atoms with E-state index in [0.29, 0.717) is 12.0 Å². The number of rotatable bonds is 6. The lowest BCUT2D eigenvalue weighted by atomic mass is 10.1. The van der Waals surface area contributed by atoms with Gasteiger partial charge in [0.05, 0.1) is 17.1 Å². The topological polar surface area (TPSA) is 69.4 Å². The summed E-state index contributed by atoms with van der Waals surface area (Å²) in [5.41, 5.74) is 1.80. The van der Waals surface area contributed by atoms with Gasteiger partial charge in [0, 0.05) is 12.5 Å². The molecule has 2 aromatic carbocycles. The Bertz CT molecular complexity index is 726. The van der Waals surface area contributed by atoms with Crippen molar-refractivity contribution < 1.29 is 18.8 Å². The Morgan fingerprint density at radius 1 is 1.17 bits per heavy atom. The summed E-state index contributed by atoms with van der Waals surface area (Å²) < 4.78 is 17.9. The Labute approximate surface area is 132 Å². The Kier molecular flexibility index (Phi) is 5.57. The summed E-state index contributed by atoms with van der Waals surface area (Å²) in [6.07, 6.45) is 2.69. The number of esters is 1. The van der Waals surface area contributed by atoms with Gasteiger partial charge in [-0.05, 0) is 35.4 Å². The minimum absolute atomic E-state index is 0.125. The van der Waals surface area contributed by atoms with Gasteiger partial charge in [-0.15, -0.1) is 0 Å². The molecule has 0 aliphatic rings. The molecule has 2 rings (SSSR count). The minimum Gasteiger partial charge on any atom is -0.462 e. The van der Waals surface area contributed by atoms with Gasteiger partial charge in [0.25, 0.3) is 0 Å². The van der Waals surface area contributed by atoms with Gasteiger partial charge in [-0.3, -0.25) is 10.1 Å². The van der Waals surface area contributed by atoms with Crippen LogP contribution in [0.2, 0.25) is 0 Å². The van der Waals surface area contributed by atoms with Gasteiger partial charge in [0.1, 0.15) is 5.82 Å². The molecule has 0 aliphatic heterocycles. The average molecular weight is 315 g/mol. The number of ether oxygens (including phenoxy) is 1. The molecule has 0 fully saturated rings. The molecular weight excluding hydrogens is 301 g/mol. The first-order chi connectivity index (χ1) is 11.1. The van der Waals surface area contributed by atoms with Crippen LogP contribution in [0.25, 0.3) is 6.08 Å². The number of carbonyl (C=O) groups excluding carboxylic acids is 1. The van der Waals surface area contributed by atoms with Crippen LogP contribution in [-0.4, -0.2) is 17.5 Å². The SMILES string of the molecule is O=C(OCCc1ccccc1C=C[N+](=O)[O-])c1ccc(F)cc1. The first-order valence-corrected chi connectivity index (χ1v) is 6.88. The van der Waals surface area contributed by atoms with Crippen LogP contribution >= 0.6 is 0 Å². The lowest BCUT2D eigenvalue weighted by Gasteiger charge is -2.07.